The van der Waals surface area contributed by atoms with E-state index in [0.717, 1.165) is 44.1 Å². The van der Waals surface area contributed by atoms with Gasteiger partial charge in [0.05, 0.1) is 0 Å². The SMILES string of the molecule is CN=C(NCc1ccc(F)c(C)c1)NCC1(c2ccccc2)CCOCC1. The van der Waals surface area contributed by atoms with Crippen molar-refractivity contribution in [1.29, 1.82) is 0 Å². The molecule has 0 unspecified atom stereocenters. The van der Waals surface area contributed by atoms with Crippen molar-refractivity contribution in [2.24, 2.45) is 4.99 Å². The fourth-order valence-corrected chi connectivity index (χ4v) is 3.60. The van der Waals surface area contributed by atoms with Crippen LogP contribution in [0.1, 0.15) is 29.5 Å². The lowest BCUT2D eigenvalue weighted by atomic mass is 9.74. The summed E-state index contributed by atoms with van der Waals surface area (Å²) < 4.78 is 19.0. The van der Waals surface area contributed by atoms with E-state index in [-0.39, 0.29) is 11.2 Å². The molecule has 5 heteroatoms. The molecular formula is C22H28FN3O. The van der Waals surface area contributed by atoms with Gasteiger partial charge in [0, 0.05) is 38.8 Å². The van der Waals surface area contributed by atoms with Gasteiger partial charge in [0.1, 0.15) is 5.82 Å². The molecule has 0 bridgehead atoms. The molecule has 0 amide bonds. The van der Waals surface area contributed by atoms with E-state index in [0.29, 0.717) is 12.1 Å². The molecular weight excluding hydrogens is 341 g/mol. The van der Waals surface area contributed by atoms with Crippen molar-refractivity contribution >= 4 is 5.96 Å². The van der Waals surface area contributed by atoms with Crippen molar-refractivity contribution < 1.29 is 9.13 Å². The monoisotopic (exact) mass is 369 g/mol. The molecule has 0 radical (unpaired) electrons. The smallest absolute Gasteiger partial charge is 0.191 e. The zero-order valence-corrected chi connectivity index (χ0v) is 16.1. The highest BCUT2D eigenvalue weighted by molar-refractivity contribution is 5.79. The number of halogens is 1. The Morgan fingerprint density at radius 3 is 2.52 bits per heavy atom. The minimum Gasteiger partial charge on any atom is -0.381 e. The molecule has 0 atom stereocenters. The molecule has 1 aliphatic rings. The molecule has 0 spiro atoms. The number of hydrogen-bond donors (Lipinski definition) is 2. The Labute approximate surface area is 160 Å². The van der Waals surface area contributed by atoms with E-state index in [1.165, 1.54) is 11.6 Å². The largest absolute Gasteiger partial charge is 0.381 e. The van der Waals surface area contributed by atoms with E-state index in [9.17, 15) is 4.39 Å². The van der Waals surface area contributed by atoms with Crippen LogP contribution in [0.2, 0.25) is 0 Å². The molecule has 1 heterocycles. The van der Waals surface area contributed by atoms with Gasteiger partial charge in [0.2, 0.25) is 0 Å². The first-order valence-electron chi connectivity index (χ1n) is 9.46. The molecule has 2 N–H and O–H groups in total. The summed E-state index contributed by atoms with van der Waals surface area (Å²) in [6.45, 7) is 4.72. The maximum absolute atomic E-state index is 13.4. The maximum atomic E-state index is 13.4. The lowest BCUT2D eigenvalue weighted by Gasteiger charge is -2.38. The second-order valence-electron chi connectivity index (χ2n) is 7.12. The molecule has 3 rings (SSSR count). The van der Waals surface area contributed by atoms with E-state index < -0.39 is 0 Å². The summed E-state index contributed by atoms with van der Waals surface area (Å²) in [5.74, 6) is 0.573. The van der Waals surface area contributed by atoms with Crippen LogP contribution in [-0.4, -0.2) is 32.8 Å². The van der Waals surface area contributed by atoms with Crippen LogP contribution in [0.25, 0.3) is 0 Å². The van der Waals surface area contributed by atoms with E-state index in [2.05, 4.69) is 46.0 Å². The van der Waals surface area contributed by atoms with Crippen LogP contribution in [0.3, 0.4) is 0 Å². The number of aryl methyl sites for hydroxylation is 1. The Bertz CT molecular complexity index is 770. The number of hydrogen-bond acceptors (Lipinski definition) is 2. The molecule has 0 aliphatic carbocycles. The number of aliphatic imine (C=N–C) groups is 1. The second kappa shape index (κ2) is 9.00. The Hall–Kier alpha value is -2.40. The quantitative estimate of drug-likeness (QED) is 0.626. The zero-order chi connectivity index (χ0) is 19.1. The summed E-state index contributed by atoms with van der Waals surface area (Å²) in [6.07, 6.45) is 1.97. The topological polar surface area (TPSA) is 45.7 Å². The summed E-state index contributed by atoms with van der Waals surface area (Å²) in [4.78, 5) is 4.34. The summed E-state index contributed by atoms with van der Waals surface area (Å²) in [6, 6.07) is 15.8. The normalized spacial score (nSPS) is 16.8. The highest BCUT2D eigenvalue weighted by Gasteiger charge is 2.34. The minimum absolute atomic E-state index is 0.0452. The summed E-state index contributed by atoms with van der Waals surface area (Å²) in [5, 5.41) is 6.81. The molecule has 4 nitrogen and oxygen atoms in total. The first kappa shape index (κ1) is 19.4. The zero-order valence-electron chi connectivity index (χ0n) is 16.1. The van der Waals surface area contributed by atoms with Crippen molar-refractivity contribution in [3.63, 3.8) is 0 Å². The lowest BCUT2D eigenvalue weighted by molar-refractivity contribution is 0.0514. The van der Waals surface area contributed by atoms with Crippen molar-refractivity contribution in [2.75, 3.05) is 26.8 Å². The molecule has 0 aromatic heterocycles. The molecule has 2 aromatic carbocycles. The highest BCUT2D eigenvalue weighted by atomic mass is 19.1. The second-order valence-corrected chi connectivity index (χ2v) is 7.12. The van der Waals surface area contributed by atoms with Gasteiger partial charge in [0.15, 0.2) is 5.96 Å². The summed E-state index contributed by atoms with van der Waals surface area (Å²) >= 11 is 0. The van der Waals surface area contributed by atoms with Gasteiger partial charge in [-0.05, 0) is 42.5 Å². The molecule has 1 saturated heterocycles. The van der Waals surface area contributed by atoms with E-state index >= 15 is 0 Å². The number of nitrogens with one attached hydrogen (secondary N) is 2. The predicted molar refractivity (Wildman–Crippen MR) is 108 cm³/mol. The van der Waals surface area contributed by atoms with Gasteiger partial charge < -0.3 is 15.4 Å². The predicted octanol–water partition coefficient (Wildman–Crippen LogP) is 3.55. The van der Waals surface area contributed by atoms with Crippen molar-refractivity contribution in [3.05, 3.63) is 71.0 Å². The van der Waals surface area contributed by atoms with Crippen LogP contribution in [0, 0.1) is 12.7 Å². The molecule has 144 valence electrons. The van der Waals surface area contributed by atoms with Gasteiger partial charge in [-0.1, -0.05) is 42.5 Å². The van der Waals surface area contributed by atoms with Gasteiger partial charge in [-0.2, -0.15) is 0 Å². The number of benzene rings is 2. The fourth-order valence-electron chi connectivity index (χ4n) is 3.60. The van der Waals surface area contributed by atoms with Gasteiger partial charge >= 0.3 is 0 Å². The Morgan fingerprint density at radius 2 is 1.85 bits per heavy atom. The van der Waals surface area contributed by atoms with E-state index in [1.54, 1.807) is 20.0 Å². The standard InChI is InChI=1S/C22H28FN3O/c1-17-14-18(8-9-20(17)23)15-25-21(24-2)26-16-22(10-12-27-13-11-22)19-6-4-3-5-7-19/h3-9,14H,10-13,15-16H2,1-2H3,(H2,24,25,26). The van der Waals surface area contributed by atoms with Crippen molar-refractivity contribution in [3.8, 4) is 0 Å². The third kappa shape index (κ3) is 4.86. The molecule has 1 aliphatic heterocycles. The Morgan fingerprint density at radius 1 is 1.11 bits per heavy atom. The summed E-state index contributed by atoms with van der Waals surface area (Å²) in [7, 11) is 1.77. The van der Waals surface area contributed by atoms with Crippen LogP contribution in [-0.2, 0) is 16.7 Å². The molecule has 2 aromatic rings. The third-order valence-electron chi connectivity index (χ3n) is 5.34. The number of rotatable bonds is 5. The van der Waals surface area contributed by atoms with Crippen LogP contribution >= 0.6 is 0 Å². The van der Waals surface area contributed by atoms with Crippen LogP contribution < -0.4 is 10.6 Å². The molecule has 0 saturated carbocycles. The van der Waals surface area contributed by atoms with Crippen LogP contribution in [0.15, 0.2) is 53.5 Å². The molecule has 1 fully saturated rings. The van der Waals surface area contributed by atoms with Gasteiger partial charge in [-0.25, -0.2) is 4.39 Å². The van der Waals surface area contributed by atoms with Crippen LogP contribution in [0.5, 0.6) is 0 Å². The van der Waals surface area contributed by atoms with Gasteiger partial charge in [0.25, 0.3) is 0 Å². The molecule has 27 heavy (non-hydrogen) atoms. The number of ether oxygens (including phenoxy) is 1. The maximum Gasteiger partial charge on any atom is 0.191 e. The first-order chi connectivity index (χ1) is 13.1. The first-order valence-corrected chi connectivity index (χ1v) is 9.46. The van der Waals surface area contributed by atoms with E-state index in [4.69, 9.17) is 4.74 Å². The summed E-state index contributed by atoms with van der Waals surface area (Å²) in [5.41, 5.74) is 3.07. The minimum atomic E-state index is -0.175. The lowest BCUT2D eigenvalue weighted by Crippen LogP contribution is -2.47. The van der Waals surface area contributed by atoms with Crippen molar-refractivity contribution in [2.45, 2.75) is 31.7 Å². The van der Waals surface area contributed by atoms with E-state index in [1.807, 2.05) is 6.07 Å². The average molecular weight is 369 g/mol. The average Bonchev–Trinajstić information content (AvgIpc) is 2.72. The third-order valence-corrected chi connectivity index (χ3v) is 5.34. The number of nitrogens with zero attached hydrogens (tertiary/aromatic N) is 1. The fraction of sp³-hybridized carbons (Fsp3) is 0.409. The van der Waals surface area contributed by atoms with Crippen LogP contribution in [0.4, 0.5) is 4.39 Å². The number of guanidine groups is 1. The highest BCUT2D eigenvalue weighted by Crippen LogP contribution is 2.34. The van der Waals surface area contributed by atoms with Gasteiger partial charge in [-0.3, -0.25) is 4.99 Å². The Kier molecular flexibility index (Phi) is 6.45. The Balaban J connectivity index is 1.63. The van der Waals surface area contributed by atoms with Gasteiger partial charge in [-0.15, -0.1) is 0 Å². The van der Waals surface area contributed by atoms with Crippen molar-refractivity contribution in [1.82, 2.24) is 10.6 Å².